The number of hydrogen-bond donors (Lipinski definition) is 1. The molecular formula is C10H11ClFNO4S. The molecule has 1 N–H and O–H groups in total. The van der Waals surface area contributed by atoms with Gasteiger partial charge >= 0.3 is 5.97 Å². The molecule has 0 bridgehead atoms. The first-order valence-electron chi connectivity index (χ1n) is 4.84. The molecule has 8 heteroatoms. The molecule has 0 saturated carbocycles. The Hall–Kier alpha value is -1.18. The number of carboxylic acids is 1. The molecule has 1 unspecified atom stereocenters. The Labute approximate surface area is 109 Å². The van der Waals surface area contributed by atoms with Crippen molar-refractivity contribution in [2.75, 3.05) is 7.05 Å². The van der Waals surface area contributed by atoms with E-state index < -0.39 is 32.7 Å². The molecule has 0 aliphatic rings. The van der Waals surface area contributed by atoms with Gasteiger partial charge < -0.3 is 5.11 Å². The van der Waals surface area contributed by atoms with Crippen LogP contribution in [0.1, 0.15) is 6.92 Å². The Morgan fingerprint density at radius 2 is 2.06 bits per heavy atom. The minimum Gasteiger partial charge on any atom is -0.480 e. The molecule has 1 rings (SSSR count). The number of benzene rings is 1. The number of aliphatic carboxylic acids is 1. The molecule has 0 heterocycles. The Morgan fingerprint density at radius 3 is 2.56 bits per heavy atom. The van der Waals surface area contributed by atoms with Crippen molar-refractivity contribution in [3.05, 3.63) is 29.0 Å². The van der Waals surface area contributed by atoms with Crippen LogP contribution in [0.5, 0.6) is 0 Å². The highest BCUT2D eigenvalue weighted by Gasteiger charge is 2.31. The van der Waals surface area contributed by atoms with Crippen LogP contribution >= 0.6 is 11.6 Å². The second kappa shape index (κ2) is 5.21. The fourth-order valence-electron chi connectivity index (χ4n) is 1.20. The lowest BCUT2D eigenvalue weighted by Gasteiger charge is -2.21. The molecule has 0 saturated heterocycles. The third-order valence-electron chi connectivity index (χ3n) is 2.48. The van der Waals surface area contributed by atoms with Crippen LogP contribution in [0.15, 0.2) is 23.1 Å². The van der Waals surface area contributed by atoms with Gasteiger partial charge in [0.1, 0.15) is 10.9 Å². The molecule has 0 radical (unpaired) electrons. The van der Waals surface area contributed by atoms with Gasteiger partial charge in [-0.15, -0.1) is 0 Å². The summed E-state index contributed by atoms with van der Waals surface area (Å²) >= 11 is 5.49. The summed E-state index contributed by atoms with van der Waals surface area (Å²) in [5, 5.41) is 8.42. The average Bonchev–Trinajstić information content (AvgIpc) is 2.30. The van der Waals surface area contributed by atoms with Crippen LogP contribution < -0.4 is 0 Å². The Morgan fingerprint density at radius 1 is 1.50 bits per heavy atom. The van der Waals surface area contributed by atoms with Crippen molar-refractivity contribution in [3.8, 4) is 0 Å². The molecule has 0 aliphatic heterocycles. The van der Waals surface area contributed by atoms with Gasteiger partial charge in [-0.3, -0.25) is 4.79 Å². The standard InChI is InChI=1S/C10H11ClFNO4S/c1-6(10(14)15)13(2)18(16,17)8-5-3-4-7(11)9(8)12/h3-6H,1-2H3,(H,14,15). The maximum atomic E-state index is 13.6. The van der Waals surface area contributed by atoms with E-state index in [0.29, 0.717) is 4.31 Å². The first-order chi connectivity index (χ1) is 8.19. The molecule has 0 aliphatic carbocycles. The van der Waals surface area contributed by atoms with Crippen LogP contribution in [0.4, 0.5) is 4.39 Å². The number of likely N-dealkylation sites (N-methyl/N-ethyl adjacent to an activating group) is 1. The normalized spacial score (nSPS) is 13.6. The quantitative estimate of drug-likeness (QED) is 0.915. The van der Waals surface area contributed by atoms with Crippen molar-refractivity contribution >= 4 is 27.6 Å². The molecule has 18 heavy (non-hydrogen) atoms. The van der Waals surface area contributed by atoms with E-state index in [9.17, 15) is 17.6 Å². The summed E-state index contributed by atoms with van der Waals surface area (Å²) in [6, 6.07) is 2.20. The van der Waals surface area contributed by atoms with Crippen LogP contribution in [0.3, 0.4) is 0 Å². The third-order valence-corrected chi connectivity index (χ3v) is 4.71. The molecule has 100 valence electrons. The smallest absolute Gasteiger partial charge is 0.321 e. The van der Waals surface area contributed by atoms with E-state index in [0.717, 1.165) is 13.1 Å². The summed E-state index contributed by atoms with van der Waals surface area (Å²) in [4.78, 5) is 10.1. The summed E-state index contributed by atoms with van der Waals surface area (Å²) in [6.45, 7) is 1.18. The highest BCUT2D eigenvalue weighted by atomic mass is 35.5. The second-order valence-corrected chi connectivity index (χ2v) is 5.96. The topological polar surface area (TPSA) is 74.7 Å². The van der Waals surface area contributed by atoms with Gasteiger partial charge in [-0.2, -0.15) is 4.31 Å². The Bertz CT molecular complexity index is 575. The fraction of sp³-hybridized carbons (Fsp3) is 0.300. The summed E-state index contributed by atoms with van der Waals surface area (Å²) in [5.74, 6) is -2.42. The summed E-state index contributed by atoms with van der Waals surface area (Å²) < 4.78 is 38.2. The lowest BCUT2D eigenvalue weighted by Crippen LogP contribution is -2.40. The minimum atomic E-state index is -4.24. The maximum Gasteiger partial charge on any atom is 0.321 e. The second-order valence-electron chi connectivity index (χ2n) is 3.59. The van der Waals surface area contributed by atoms with Gasteiger partial charge in [0.05, 0.1) is 5.02 Å². The van der Waals surface area contributed by atoms with Gasteiger partial charge in [-0.1, -0.05) is 17.7 Å². The van der Waals surface area contributed by atoms with E-state index in [-0.39, 0.29) is 5.02 Å². The molecule has 0 fully saturated rings. The van der Waals surface area contributed by atoms with Gasteiger partial charge in [0.2, 0.25) is 10.0 Å². The SMILES string of the molecule is CC(C(=O)O)N(C)S(=O)(=O)c1cccc(Cl)c1F. The van der Waals surface area contributed by atoms with E-state index in [1.54, 1.807) is 0 Å². The molecule has 0 amide bonds. The highest BCUT2D eigenvalue weighted by Crippen LogP contribution is 2.25. The van der Waals surface area contributed by atoms with Crippen molar-refractivity contribution in [3.63, 3.8) is 0 Å². The van der Waals surface area contributed by atoms with Crippen LogP contribution in [-0.4, -0.2) is 36.9 Å². The average molecular weight is 296 g/mol. The molecular weight excluding hydrogens is 285 g/mol. The predicted molar refractivity (Wildman–Crippen MR) is 63.5 cm³/mol. The zero-order chi connectivity index (χ0) is 14.1. The molecule has 1 aromatic carbocycles. The highest BCUT2D eigenvalue weighted by molar-refractivity contribution is 7.89. The minimum absolute atomic E-state index is 0.340. The van der Waals surface area contributed by atoms with Crippen molar-refractivity contribution in [2.45, 2.75) is 17.9 Å². The van der Waals surface area contributed by atoms with E-state index >= 15 is 0 Å². The lowest BCUT2D eigenvalue weighted by molar-refractivity contribution is -0.140. The maximum absolute atomic E-state index is 13.6. The van der Waals surface area contributed by atoms with Crippen molar-refractivity contribution in [1.29, 1.82) is 0 Å². The van der Waals surface area contributed by atoms with Crippen molar-refractivity contribution in [1.82, 2.24) is 4.31 Å². The molecule has 1 aromatic rings. The molecule has 1 atom stereocenters. The van der Waals surface area contributed by atoms with Crippen LogP contribution in [0.2, 0.25) is 5.02 Å². The van der Waals surface area contributed by atoms with Crippen LogP contribution in [0.25, 0.3) is 0 Å². The first-order valence-corrected chi connectivity index (χ1v) is 6.66. The Kier molecular flexibility index (Phi) is 4.31. The summed E-state index contributed by atoms with van der Waals surface area (Å²) in [6.07, 6.45) is 0. The van der Waals surface area contributed by atoms with Crippen molar-refractivity contribution < 1.29 is 22.7 Å². The monoisotopic (exact) mass is 295 g/mol. The summed E-state index contributed by atoms with van der Waals surface area (Å²) in [7, 11) is -3.18. The van der Waals surface area contributed by atoms with Crippen molar-refractivity contribution in [2.24, 2.45) is 0 Å². The van der Waals surface area contributed by atoms with Gasteiger partial charge in [-0.05, 0) is 19.1 Å². The number of rotatable bonds is 4. The van der Waals surface area contributed by atoms with Gasteiger partial charge in [0.25, 0.3) is 0 Å². The number of sulfonamides is 1. The molecule has 5 nitrogen and oxygen atoms in total. The van der Waals surface area contributed by atoms with E-state index in [1.165, 1.54) is 19.1 Å². The number of carboxylic acid groups (broad SMARTS) is 1. The Balaban J connectivity index is 3.30. The summed E-state index contributed by atoms with van der Waals surface area (Å²) in [5.41, 5.74) is 0. The zero-order valence-corrected chi connectivity index (χ0v) is 11.2. The third kappa shape index (κ3) is 2.63. The van der Waals surface area contributed by atoms with Crippen LogP contribution in [-0.2, 0) is 14.8 Å². The molecule has 0 spiro atoms. The fourth-order valence-corrected chi connectivity index (χ4v) is 2.84. The van der Waals surface area contributed by atoms with E-state index in [2.05, 4.69) is 0 Å². The van der Waals surface area contributed by atoms with Gasteiger partial charge in [0.15, 0.2) is 5.82 Å². The van der Waals surface area contributed by atoms with Gasteiger partial charge in [0, 0.05) is 7.05 Å². The lowest BCUT2D eigenvalue weighted by atomic mass is 10.3. The first kappa shape index (κ1) is 14.9. The van der Waals surface area contributed by atoms with E-state index in [1.807, 2.05) is 0 Å². The zero-order valence-electron chi connectivity index (χ0n) is 9.59. The molecule has 0 aromatic heterocycles. The number of carbonyl (C=O) groups is 1. The largest absolute Gasteiger partial charge is 0.480 e. The van der Waals surface area contributed by atoms with Crippen LogP contribution in [0, 0.1) is 5.82 Å². The van der Waals surface area contributed by atoms with Gasteiger partial charge in [-0.25, -0.2) is 12.8 Å². The number of hydrogen-bond acceptors (Lipinski definition) is 3. The number of nitrogens with zero attached hydrogens (tertiary/aromatic N) is 1. The number of halogens is 2. The van der Waals surface area contributed by atoms with E-state index in [4.69, 9.17) is 16.7 Å². The predicted octanol–water partition coefficient (Wildman–Crippen LogP) is 1.57.